The summed E-state index contributed by atoms with van der Waals surface area (Å²) in [7, 11) is 0. The SMILES string of the molecule is CC(CNc1ccc(C(N)=O)cn1)CN1CCCC1. The van der Waals surface area contributed by atoms with Gasteiger partial charge in [-0.3, -0.25) is 4.79 Å². The summed E-state index contributed by atoms with van der Waals surface area (Å²) < 4.78 is 0. The Kier molecular flexibility index (Phi) is 4.74. The van der Waals surface area contributed by atoms with Gasteiger partial charge in [-0.1, -0.05) is 6.92 Å². The number of primary amides is 1. The Bertz CT molecular complexity index is 412. The zero-order valence-corrected chi connectivity index (χ0v) is 11.4. The maximum Gasteiger partial charge on any atom is 0.250 e. The van der Waals surface area contributed by atoms with E-state index in [-0.39, 0.29) is 0 Å². The molecule has 1 unspecified atom stereocenters. The van der Waals surface area contributed by atoms with Gasteiger partial charge in [0.05, 0.1) is 5.56 Å². The van der Waals surface area contributed by atoms with E-state index >= 15 is 0 Å². The summed E-state index contributed by atoms with van der Waals surface area (Å²) in [5.74, 6) is 0.926. The van der Waals surface area contributed by atoms with Crippen LogP contribution in [0.4, 0.5) is 5.82 Å². The standard InChI is InChI=1S/C14H22N4O/c1-11(10-18-6-2-3-7-18)8-16-13-5-4-12(9-17-13)14(15)19/h4-5,9,11H,2-3,6-8,10H2,1H3,(H2,15,19)(H,16,17). The van der Waals surface area contributed by atoms with Crippen LogP contribution in [-0.2, 0) is 0 Å². The van der Waals surface area contributed by atoms with Gasteiger partial charge in [-0.15, -0.1) is 0 Å². The topological polar surface area (TPSA) is 71.2 Å². The number of hydrogen-bond acceptors (Lipinski definition) is 4. The van der Waals surface area contributed by atoms with Crippen LogP contribution in [0.15, 0.2) is 18.3 Å². The molecule has 0 radical (unpaired) electrons. The number of nitrogens with one attached hydrogen (secondary N) is 1. The van der Waals surface area contributed by atoms with Crippen LogP contribution in [0.3, 0.4) is 0 Å². The molecule has 1 aromatic rings. The molecular weight excluding hydrogens is 240 g/mol. The number of amides is 1. The predicted octanol–water partition coefficient (Wildman–Crippen LogP) is 1.32. The smallest absolute Gasteiger partial charge is 0.250 e. The lowest BCUT2D eigenvalue weighted by atomic mass is 10.1. The van der Waals surface area contributed by atoms with Gasteiger partial charge in [-0.05, 0) is 44.0 Å². The lowest BCUT2D eigenvalue weighted by Crippen LogP contribution is -2.29. The molecule has 2 heterocycles. The highest BCUT2D eigenvalue weighted by molar-refractivity contribution is 5.92. The number of nitrogens with two attached hydrogens (primary N) is 1. The molecule has 1 aliphatic heterocycles. The fourth-order valence-corrected chi connectivity index (χ4v) is 2.39. The molecule has 1 fully saturated rings. The largest absolute Gasteiger partial charge is 0.370 e. The summed E-state index contributed by atoms with van der Waals surface area (Å²) in [6.45, 7) is 6.72. The van der Waals surface area contributed by atoms with E-state index in [1.165, 1.54) is 32.1 Å². The van der Waals surface area contributed by atoms with Crippen molar-refractivity contribution in [3.63, 3.8) is 0 Å². The predicted molar refractivity (Wildman–Crippen MR) is 76.1 cm³/mol. The Morgan fingerprint density at radius 3 is 2.79 bits per heavy atom. The van der Waals surface area contributed by atoms with Crippen LogP contribution >= 0.6 is 0 Å². The zero-order valence-electron chi connectivity index (χ0n) is 11.4. The number of carbonyl (C=O) groups is 1. The van der Waals surface area contributed by atoms with Crippen LogP contribution in [-0.4, -0.2) is 42.0 Å². The van der Waals surface area contributed by atoms with Gasteiger partial charge in [0.1, 0.15) is 5.82 Å². The monoisotopic (exact) mass is 262 g/mol. The molecule has 5 nitrogen and oxygen atoms in total. The lowest BCUT2D eigenvalue weighted by Gasteiger charge is -2.20. The van der Waals surface area contributed by atoms with Gasteiger partial charge < -0.3 is 16.0 Å². The van der Waals surface area contributed by atoms with E-state index in [0.29, 0.717) is 11.5 Å². The van der Waals surface area contributed by atoms with Gasteiger partial charge in [-0.25, -0.2) is 4.98 Å². The number of rotatable bonds is 6. The van der Waals surface area contributed by atoms with Gasteiger partial charge >= 0.3 is 0 Å². The number of aromatic nitrogens is 1. The van der Waals surface area contributed by atoms with Crippen LogP contribution in [0.25, 0.3) is 0 Å². The number of pyridine rings is 1. The van der Waals surface area contributed by atoms with E-state index in [1.54, 1.807) is 12.1 Å². The Morgan fingerprint density at radius 2 is 2.21 bits per heavy atom. The number of anilines is 1. The molecule has 104 valence electrons. The first-order valence-corrected chi connectivity index (χ1v) is 6.87. The highest BCUT2D eigenvalue weighted by Gasteiger charge is 2.14. The molecule has 1 saturated heterocycles. The quantitative estimate of drug-likeness (QED) is 0.811. The maximum atomic E-state index is 10.9. The molecule has 1 amide bonds. The Hall–Kier alpha value is -1.62. The van der Waals surface area contributed by atoms with Crippen molar-refractivity contribution in [2.45, 2.75) is 19.8 Å². The Balaban J connectivity index is 1.76. The summed E-state index contributed by atoms with van der Waals surface area (Å²) in [5, 5.41) is 3.29. The molecule has 0 spiro atoms. The van der Waals surface area contributed by atoms with Crippen molar-refractivity contribution in [2.24, 2.45) is 11.7 Å². The van der Waals surface area contributed by atoms with Gasteiger partial charge in [0.25, 0.3) is 0 Å². The van der Waals surface area contributed by atoms with E-state index in [4.69, 9.17) is 5.73 Å². The number of carbonyl (C=O) groups excluding carboxylic acids is 1. The Morgan fingerprint density at radius 1 is 1.47 bits per heavy atom. The molecular formula is C14H22N4O. The first-order chi connectivity index (χ1) is 9.15. The van der Waals surface area contributed by atoms with Crippen molar-refractivity contribution in [1.82, 2.24) is 9.88 Å². The summed E-state index contributed by atoms with van der Waals surface area (Å²) in [4.78, 5) is 17.6. The average Bonchev–Trinajstić information content (AvgIpc) is 2.89. The first-order valence-electron chi connectivity index (χ1n) is 6.87. The second kappa shape index (κ2) is 6.52. The van der Waals surface area contributed by atoms with Gasteiger partial charge in [0.2, 0.25) is 5.91 Å². The van der Waals surface area contributed by atoms with Gasteiger partial charge in [0.15, 0.2) is 0 Å². The van der Waals surface area contributed by atoms with Gasteiger partial charge in [0, 0.05) is 19.3 Å². The molecule has 2 rings (SSSR count). The van der Waals surface area contributed by atoms with Crippen molar-refractivity contribution in [3.05, 3.63) is 23.9 Å². The van der Waals surface area contributed by atoms with Crippen molar-refractivity contribution < 1.29 is 4.79 Å². The molecule has 1 aliphatic rings. The van der Waals surface area contributed by atoms with Crippen molar-refractivity contribution in [1.29, 1.82) is 0 Å². The van der Waals surface area contributed by atoms with E-state index in [1.807, 2.05) is 0 Å². The molecule has 0 aromatic carbocycles. The average molecular weight is 262 g/mol. The molecule has 0 saturated carbocycles. The molecule has 1 aromatic heterocycles. The second-order valence-corrected chi connectivity index (χ2v) is 5.29. The van der Waals surface area contributed by atoms with Crippen molar-refractivity contribution in [2.75, 3.05) is 31.5 Å². The summed E-state index contributed by atoms with van der Waals surface area (Å²) in [6.07, 6.45) is 4.17. The van der Waals surface area contributed by atoms with Crippen LogP contribution in [0.2, 0.25) is 0 Å². The molecule has 3 N–H and O–H groups in total. The van der Waals surface area contributed by atoms with Crippen molar-refractivity contribution in [3.8, 4) is 0 Å². The minimum atomic E-state index is -0.443. The minimum Gasteiger partial charge on any atom is -0.370 e. The van der Waals surface area contributed by atoms with E-state index in [2.05, 4.69) is 22.1 Å². The summed E-state index contributed by atoms with van der Waals surface area (Å²) >= 11 is 0. The van der Waals surface area contributed by atoms with E-state index in [9.17, 15) is 4.79 Å². The first kappa shape index (κ1) is 13.8. The van der Waals surface area contributed by atoms with E-state index in [0.717, 1.165) is 18.9 Å². The minimum absolute atomic E-state index is 0.440. The van der Waals surface area contributed by atoms with Crippen molar-refractivity contribution >= 4 is 11.7 Å². The fraction of sp³-hybridized carbons (Fsp3) is 0.571. The molecule has 19 heavy (non-hydrogen) atoms. The number of likely N-dealkylation sites (tertiary alicyclic amines) is 1. The number of nitrogens with zero attached hydrogens (tertiary/aromatic N) is 2. The molecule has 0 aliphatic carbocycles. The van der Waals surface area contributed by atoms with Crippen LogP contribution in [0, 0.1) is 5.92 Å². The summed E-state index contributed by atoms with van der Waals surface area (Å²) in [5.41, 5.74) is 5.61. The molecule has 5 heteroatoms. The third-order valence-corrected chi connectivity index (χ3v) is 3.45. The van der Waals surface area contributed by atoms with Crippen LogP contribution < -0.4 is 11.1 Å². The molecule has 0 bridgehead atoms. The van der Waals surface area contributed by atoms with Crippen LogP contribution in [0.1, 0.15) is 30.1 Å². The van der Waals surface area contributed by atoms with E-state index < -0.39 is 5.91 Å². The third kappa shape index (κ3) is 4.21. The number of hydrogen-bond donors (Lipinski definition) is 2. The summed E-state index contributed by atoms with van der Waals surface area (Å²) in [6, 6.07) is 3.49. The highest BCUT2D eigenvalue weighted by atomic mass is 16.1. The second-order valence-electron chi connectivity index (χ2n) is 5.29. The maximum absolute atomic E-state index is 10.9. The molecule has 1 atom stereocenters. The lowest BCUT2D eigenvalue weighted by molar-refractivity contribution is 0.1000. The third-order valence-electron chi connectivity index (χ3n) is 3.45. The van der Waals surface area contributed by atoms with Crippen LogP contribution in [0.5, 0.6) is 0 Å². The normalized spacial score (nSPS) is 17.3. The highest BCUT2D eigenvalue weighted by Crippen LogP contribution is 2.11. The Labute approximate surface area is 114 Å². The van der Waals surface area contributed by atoms with Gasteiger partial charge in [-0.2, -0.15) is 0 Å². The fourth-order valence-electron chi connectivity index (χ4n) is 2.39. The zero-order chi connectivity index (χ0) is 13.7.